The summed E-state index contributed by atoms with van der Waals surface area (Å²) in [6.07, 6.45) is 13.6. The summed E-state index contributed by atoms with van der Waals surface area (Å²) >= 11 is 0. The van der Waals surface area contributed by atoms with Gasteiger partial charge in [0.2, 0.25) is 0 Å². The molecule has 2 aliphatic carbocycles. The molecule has 5 aromatic rings. The van der Waals surface area contributed by atoms with Crippen LogP contribution < -0.4 is 0 Å². The van der Waals surface area contributed by atoms with Gasteiger partial charge in [0, 0.05) is 21.9 Å². The predicted molar refractivity (Wildman–Crippen MR) is 159 cm³/mol. The van der Waals surface area contributed by atoms with Crippen molar-refractivity contribution >= 4 is 27.9 Å². The first kappa shape index (κ1) is 21.9. The lowest BCUT2D eigenvalue weighted by molar-refractivity contribution is 0.661. The zero-order valence-corrected chi connectivity index (χ0v) is 21.3. The number of aromatic nitrogens is 1. The fourth-order valence-corrected chi connectivity index (χ4v) is 6.21. The minimum Gasteiger partial charge on any atom is -0.309 e. The lowest BCUT2D eigenvalue weighted by Crippen LogP contribution is -2.14. The van der Waals surface area contributed by atoms with E-state index in [1.807, 2.05) is 0 Å². The molecule has 7 rings (SSSR count). The Morgan fingerprint density at radius 3 is 2.46 bits per heavy atom. The highest BCUT2D eigenvalue weighted by atomic mass is 15.0. The second-order valence-electron chi connectivity index (χ2n) is 10.7. The highest BCUT2D eigenvalue weighted by Gasteiger charge is 2.36. The Morgan fingerprint density at radius 1 is 0.703 bits per heavy atom. The van der Waals surface area contributed by atoms with Crippen molar-refractivity contribution in [1.82, 2.24) is 4.57 Å². The van der Waals surface area contributed by atoms with E-state index >= 15 is 0 Å². The third kappa shape index (κ3) is 3.31. The molecule has 1 heterocycles. The third-order valence-corrected chi connectivity index (χ3v) is 8.14. The maximum atomic E-state index is 4.17. The molecule has 0 saturated carbocycles. The van der Waals surface area contributed by atoms with Crippen LogP contribution in [0, 0.1) is 0 Å². The molecule has 0 bridgehead atoms. The maximum absolute atomic E-state index is 4.17. The number of para-hydroxylation sites is 1. The highest BCUT2D eigenvalue weighted by Crippen LogP contribution is 2.50. The van der Waals surface area contributed by atoms with Gasteiger partial charge in [-0.05, 0) is 75.7 Å². The van der Waals surface area contributed by atoms with Crippen LogP contribution in [0.25, 0.3) is 44.7 Å². The highest BCUT2D eigenvalue weighted by molar-refractivity contribution is 6.11. The molecule has 0 fully saturated rings. The molecular formula is C36H29N. The zero-order valence-electron chi connectivity index (χ0n) is 21.3. The zero-order chi connectivity index (χ0) is 25.1. The maximum Gasteiger partial charge on any atom is 0.0547 e. The molecule has 0 amide bonds. The average molecular weight is 476 g/mol. The van der Waals surface area contributed by atoms with Gasteiger partial charge in [-0.15, -0.1) is 0 Å². The third-order valence-electron chi connectivity index (χ3n) is 8.14. The summed E-state index contributed by atoms with van der Waals surface area (Å²) in [4.78, 5) is 0. The fourth-order valence-electron chi connectivity index (χ4n) is 6.21. The van der Waals surface area contributed by atoms with E-state index < -0.39 is 0 Å². The van der Waals surface area contributed by atoms with Gasteiger partial charge in [-0.3, -0.25) is 0 Å². The number of benzene rings is 4. The van der Waals surface area contributed by atoms with E-state index in [4.69, 9.17) is 0 Å². The lowest BCUT2D eigenvalue weighted by Gasteiger charge is -2.21. The molecule has 0 N–H and O–H groups in total. The van der Waals surface area contributed by atoms with Gasteiger partial charge in [-0.1, -0.05) is 105 Å². The van der Waals surface area contributed by atoms with Crippen LogP contribution >= 0.6 is 0 Å². The largest absolute Gasteiger partial charge is 0.309 e. The Kier molecular flexibility index (Phi) is 4.78. The fraction of sp³-hybridized carbons (Fsp3) is 0.111. The molecule has 1 heteroatoms. The lowest BCUT2D eigenvalue weighted by atomic mass is 9.82. The molecule has 0 radical (unpaired) electrons. The van der Waals surface area contributed by atoms with Gasteiger partial charge < -0.3 is 4.57 Å². The number of fused-ring (bicyclic) bond motifs is 7. The Bertz CT molecular complexity index is 1830. The molecule has 37 heavy (non-hydrogen) atoms. The van der Waals surface area contributed by atoms with E-state index in [2.05, 4.69) is 140 Å². The Hall–Kier alpha value is -4.36. The molecule has 0 spiro atoms. The van der Waals surface area contributed by atoms with Crippen LogP contribution in [0.15, 0.2) is 121 Å². The Labute approximate surface area is 218 Å². The van der Waals surface area contributed by atoms with Crippen LogP contribution in [0.5, 0.6) is 0 Å². The summed E-state index contributed by atoms with van der Waals surface area (Å²) in [7, 11) is 0. The van der Waals surface area contributed by atoms with Crippen molar-refractivity contribution in [1.29, 1.82) is 0 Å². The quantitative estimate of drug-likeness (QED) is 0.228. The van der Waals surface area contributed by atoms with Gasteiger partial charge >= 0.3 is 0 Å². The smallest absolute Gasteiger partial charge is 0.0547 e. The SMILES string of the molecule is C=C1/C=C\C=C/Cc2ccc(-n3c4ccccc4c4cc5c(cc43)-c3ccccc3C5(C)C)cc2/C=C\1. The van der Waals surface area contributed by atoms with Crippen LogP contribution in [0.1, 0.15) is 36.1 Å². The van der Waals surface area contributed by atoms with Crippen LogP contribution in [-0.2, 0) is 11.8 Å². The summed E-state index contributed by atoms with van der Waals surface area (Å²) < 4.78 is 2.44. The molecule has 0 unspecified atom stereocenters. The van der Waals surface area contributed by atoms with E-state index in [-0.39, 0.29) is 5.41 Å². The first-order valence-corrected chi connectivity index (χ1v) is 13.0. The number of rotatable bonds is 1. The standard InChI is InChI=1S/C36H29N/c1-24-11-5-4-6-12-25-19-20-27(21-26(25)18-17-24)37-34-16-10-8-14-29(34)31-22-33-30(23-35(31)37)28-13-7-9-15-32(28)36(33,2)3/h4-11,13-23H,1,12H2,2-3H3/b6-4-,11-5-,18-17-. The molecular weight excluding hydrogens is 446 g/mol. The second kappa shape index (κ2) is 8.08. The van der Waals surface area contributed by atoms with Gasteiger partial charge in [-0.2, -0.15) is 0 Å². The van der Waals surface area contributed by atoms with Gasteiger partial charge in [0.25, 0.3) is 0 Å². The molecule has 178 valence electrons. The first-order chi connectivity index (χ1) is 18.0. The van der Waals surface area contributed by atoms with E-state index in [0.717, 1.165) is 12.0 Å². The molecule has 0 atom stereocenters. The van der Waals surface area contributed by atoms with E-state index in [0.29, 0.717) is 0 Å². The van der Waals surface area contributed by atoms with Crippen LogP contribution in [0.4, 0.5) is 0 Å². The minimum atomic E-state index is -0.0156. The first-order valence-electron chi connectivity index (χ1n) is 13.0. The summed E-state index contributed by atoms with van der Waals surface area (Å²) in [6, 6.07) is 29.4. The van der Waals surface area contributed by atoms with Gasteiger partial charge in [0.1, 0.15) is 0 Å². The minimum absolute atomic E-state index is 0.0156. The number of allylic oxidation sites excluding steroid dienone is 6. The summed E-state index contributed by atoms with van der Waals surface area (Å²) in [5, 5.41) is 2.61. The Balaban J connectivity index is 1.51. The molecule has 2 aliphatic rings. The van der Waals surface area contributed by atoms with Crippen LogP contribution in [-0.4, -0.2) is 4.57 Å². The van der Waals surface area contributed by atoms with Crippen molar-refractivity contribution in [3.05, 3.63) is 144 Å². The number of hydrogen-bond acceptors (Lipinski definition) is 0. The monoisotopic (exact) mass is 475 g/mol. The van der Waals surface area contributed by atoms with Crippen LogP contribution in [0.2, 0.25) is 0 Å². The number of nitrogens with zero attached hydrogens (tertiary/aromatic N) is 1. The van der Waals surface area contributed by atoms with Crippen molar-refractivity contribution in [2.75, 3.05) is 0 Å². The van der Waals surface area contributed by atoms with Gasteiger partial charge in [-0.25, -0.2) is 0 Å². The summed E-state index contributed by atoms with van der Waals surface area (Å²) in [5.74, 6) is 0. The van der Waals surface area contributed by atoms with Crippen molar-refractivity contribution in [2.24, 2.45) is 0 Å². The molecule has 4 aromatic carbocycles. The summed E-state index contributed by atoms with van der Waals surface area (Å²) in [6.45, 7) is 8.87. The van der Waals surface area contributed by atoms with E-state index in [1.165, 1.54) is 60.9 Å². The average Bonchev–Trinajstić information content (AvgIpc) is 3.35. The Morgan fingerprint density at radius 2 is 1.54 bits per heavy atom. The summed E-state index contributed by atoms with van der Waals surface area (Å²) in [5.41, 5.74) is 12.7. The van der Waals surface area contributed by atoms with E-state index in [9.17, 15) is 0 Å². The predicted octanol–water partition coefficient (Wildman–Crippen LogP) is 9.33. The van der Waals surface area contributed by atoms with Gasteiger partial charge in [0.15, 0.2) is 0 Å². The van der Waals surface area contributed by atoms with Crippen molar-refractivity contribution in [3.63, 3.8) is 0 Å². The van der Waals surface area contributed by atoms with Gasteiger partial charge in [0.05, 0.1) is 11.0 Å². The number of hydrogen-bond donors (Lipinski definition) is 0. The normalized spacial score (nSPS) is 18.3. The van der Waals surface area contributed by atoms with Crippen molar-refractivity contribution in [2.45, 2.75) is 25.7 Å². The van der Waals surface area contributed by atoms with E-state index in [1.54, 1.807) is 0 Å². The molecule has 0 aliphatic heterocycles. The second-order valence-corrected chi connectivity index (χ2v) is 10.7. The topological polar surface area (TPSA) is 4.93 Å². The molecule has 1 nitrogen and oxygen atoms in total. The van der Waals surface area contributed by atoms with Crippen LogP contribution in [0.3, 0.4) is 0 Å². The molecule has 0 saturated heterocycles. The molecule has 1 aromatic heterocycles. The van der Waals surface area contributed by atoms with Crippen molar-refractivity contribution < 1.29 is 0 Å². The van der Waals surface area contributed by atoms with Crippen molar-refractivity contribution in [3.8, 4) is 16.8 Å².